The molecule has 2 rings (SSSR count). The van der Waals surface area contributed by atoms with Crippen molar-refractivity contribution >= 4 is 73.7 Å². The van der Waals surface area contributed by atoms with Crippen LogP contribution in [0, 0.1) is 0 Å². The van der Waals surface area contributed by atoms with E-state index in [1.54, 1.807) is 25.1 Å². The summed E-state index contributed by atoms with van der Waals surface area (Å²) in [5.41, 5.74) is 0.249. The van der Waals surface area contributed by atoms with E-state index < -0.39 is 28.4 Å². The first-order chi connectivity index (χ1) is 13.6. The molecular formula is C17H18Cl3N3O4S2. The van der Waals surface area contributed by atoms with E-state index in [2.05, 4.69) is 5.32 Å². The second kappa shape index (κ2) is 10.1. The highest BCUT2D eigenvalue weighted by Crippen LogP contribution is 2.30. The molecule has 2 aromatic rings. The van der Waals surface area contributed by atoms with E-state index in [1.807, 2.05) is 0 Å². The molecule has 0 radical (unpaired) electrons. The first kappa shape index (κ1) is 23.9. The Morgan fingerprint density at radius 3 is 2.21 bits per heavy atom. The summed E-state index contributed by atoms with van der Waals surface area (Å²) in [6.45, 7) is 1.18. The molecule has 0 spiro atoms. The molecule has 29 heavy (non-hydrogen) atoms. The van der Waals surface area contributed by atoms with Crippen molar-refractivity contribution in [3.63, 3.8) is 0 Å². The Hall–Kier alpha value is -1.36. The minimum absolute atomic E-state index is 0.0342. The zero-order chi connectivity index (χ0) is 21.8. The third-order valence-electron chi connectivity index (χ3n) is 3.87. The van der Waals surface area contributed by atoms with Crippen molar-refractivity contribution in [3.8, 4) is 0 Å². The van der Waals surface area contributed by atoms with Crippen LogP contribution < -0.4 is 5.32 Å². The third kappa shape index (κ3) is 6.07. The number of amides is 2. The van der Waals surface area contributed by atoms with Gasteiger partial charge in [0.2, 0.25) is 11.8 Å². The standard InChI is InChI=1S/C17H18Cl3N3O4S2/c1-3-23(9-14(24)21-17-11(18)5-4-6-12(17)19)15(25)10-22(2)29(26,27)16-8-7-13(20)28-16/h4-8H,3,9-10H2,1-2H3,(H,21,24). The fourth-order valence-electron chi connectivity index (χ4n) is 2.31. The molecule has 0 aliphatic carbocycles. The summed E-state index contributed by atoms with van der Waals surface area (Å²) in [5, 5.41) is 3.10. The SMILES string of the molecule is CCN(CC(=O)Nc1c(Cl)cccc1Cl)C(=O)CN(C)S(=O)(=O)c1ccc(Cl)s1. The van der Waals surface area contributed by atoms with Crippen LogP contribution in [0.1, 0.15) is 6.92 Å². The van der Waals surface area contributed by atoms with E-state index in [1.165, 1.54) is 24.1 Å². The minimum Gasteiger partial charge on any atom is -0.333 e. The highest BCUT2D eigenvalue weighted by Gasteiger charge is 2.27. The molecule has 0 bridgehead atoms. The van der Waals surface area contributed by atoms with Gasteiger partial charge in [0.25, 0.3) is 10.0 Å². The van der Waals surface area contributed by atoms with Crippen molar-refractivity contribution in [3.05, 3.63) is 44.7 Å². The molecule has 158 valence electrons. The van der Waals surface area contributed by atoms with E-state index >= 15 is 0 Å². The number of likely N-dealkylation sites (N-methyl/N-ethyl adjacent to an activating group) is 2. The van der Waals surface area contributed by atoms with Crippen molar-refractivity contribution in [1.82, 2.24) is 9.21 Å². The molecule has 12 heteroatoms. The zero-order valence-corrected chi connectivity index (χ0v) is 19.4. The van der Waals surface area contributed by atoms with Gasteiger partial charge in [-0.1, -0.05) is 40.9 Å². The van der Waals surface area contributed by atoms with Gasteiger partial charge in [-0.15, -0.1) is 11.3 Å². The average Bonchev–Trinajstić information content (AvgIpc) is 3.10. The first-order valence-corrected chi connectivity index (χ1v) is 11.7. The Labute approximate surface area is 188 Å². The van der Waals surface area contributed by atoms with Crippen LogP contribution in [0.5, 0.6) is 0 Å². The number of nitrogens with one attached hydrogen (secondary N) is 1. The lowest BCUT2D eigenvalue weighted by Crippen LogP contribution is -2.44. The van der Waals surface area contributed by atoms with E-state index in [4.69, 9.17) is 34.8 Å². The summed E-state index contributed by atoms with van der Waals surface area (Å²) in [5.74, 6) is -1.03. The number of hydrogen-bond donors (Lipinski definition) is 1. The van der Waals surface area contributed by atoms with Gasteiger partial charge < -0.3 is 10.2 Å². The summed E-state index contributed by atoms with van der Waals surface area (Å²) in [7, 11) is -2.57. The summed E-state index contributed by atoms with van der Waals surface area (Å²) in [4.78, 5) is 26.1. The van der Waals surface area contributed by atoms with Gasteiger partial charge in [-0.3, -0.25) is 9.59 Å². The van der Waals surface area contributed by atoms with Crippen molar-refractivity contribution in [1.29, 1.82) is 0 Å². The monoisotopic (exact) mass is 497 g/mol. The third-order valence-corrected chi connectivity index (χ3v) is 8.00. The van der Waals surface area contributed by atoms with Gasteiger partial charge in [-0.05, 0) is 31.2 Å². The van der Waals surface area contributed by atoms with E-state index in [9.17, 15) is 18.0 Å². The highest BCUT2D eigenvalue weighted by atomic mass is 35.5. The Morgan fingerprint density at radius 1 is 1.07 bits per heavy atom. The molecule has 1 aromatic carbocycles. The second-order valence-electron chi connectivity index (χ2n) is 5.87. The fourth-order valence-corrected chi connectivity index (χ4v) is 5.62. The maximum atomic E-state index is 12.6. The number of para-hydroxylation sites is 1. The number of hydrogen-bond acceptors (Lipinski definition) is 5. The van der Waals surface area contributed by atoms with Gasteiger partial charge in [0, 0.05) is 13.6 Å². The molecule has 0 atom stereocenters. The maximum absolute atomic E-state index is 12.6. The summed E-state index contributed by atoms with van der Waals surface area (Å²) < 4.78 is 26.3. The number of benzene rings is 1. The van der Waals surface area contributed by atoms with Gasteiger partial charge in [0.15, 0.2) is 0 Å². The van der Waals surface area contributed by atoms with Crippen LogP contribution in [0.3, 0.4) is 0 Å². The predicted molar refractivity (Wildman–Crippen MR) is 116 cm³/mol. The number of halogens is 3. The maximum Gasteiger partial charge on any atom is 0.252 e. The Morgan fingerprint density at radius 2 is 1.69 bits per heavy atom. The van der Waals surface area contributed by atoms with E-state index in [0.29, 0.717) is 4.34 Å². The van der Waals surface area contributed by atoms with Gasteiger partial charge in [0.05, 0.1) is 33.2 Å². The number of rotatable bonds is 8. The van der Waals surface area contributed by atoms with E-state index in [0.717, 1.165) is 15.6 Å². The quantitative estimate of drug-likeness (QED) is 0.599. The molecule has 0 saturated carbocycles. The van der Waals surface area contributed by atoms with Gasteiger partial charge in [-0.2, -0.15) is 4.31 Å². The average molecular weight is 499 g/mol. The minimum atomic E-state index is -3.86. The molecule has 0 aliphatic rings. The Balaban J connectivity index is 2.03. The number of carbonyl (C=O) groups excluding carboxylic acids is 2. The number of sulfonamides is 1. The lowest BCUT2D eigenvalue weighted by molar-refractivity contribution is -0.134. The Bertz CT molecular complexity index is 991. The lowest BCUT2D eigenvalue weighted by Gasteiger charge is -2.23. The lowest BCUT2D eigenvalue weighted by atomic mass is 10.3. The summed E-state index contributed by atoms with van der Waals surface area (Å²) in [6, 6.07) is 7.63. The van der Waals surface area contributed by atoms with Crippen LogP contribution in [-0.2, 0) is 19.6 Å². The molecule has 0 unspecified atom stereocenters. The molecule has 0 aliphatic heterocycles. The van der Waals surface area contributed by atoms with Crippen LogP contribution >= 0.6 is 46.1 Å². The number of nitrogens with zero attached hydrogens (tertiary/aromatic N) is 2. The zero-order valence-electron chi connectivity index (χ0n) is 15.5. The number of anilines is 1. The molecule has 1 N–H and O–H groups in total. The summed E-state index contributed by atoms with van der Waals surface area (Å²) >= 11 is 18.7. The normalized spacial score (nSPS) is 11.5. The van der Waals surface area contributed by atoms with Crippen LogP contribution in [0.15, 0.2) is 34.5 Å². The molecule has 7 nitrogen and oxygen atoms in total. The van der Waals surface area contributed by atoms with Crippen molar-refractivity contribution in [2.75, 3.05) is 32.0 Å². The summed E-state index contributed by atoms with van der Waals surface area (Å²) in [6.07, 6.45) is 0. The van der Waals surface area contributed by atoms with Crippen LogP contribution in [-0.4, -0.2) is 56.1 Å². The van der Waals surface area contributed by atoms with Gasteiger partial charge in [-0.25, -0.2) is 8.42 Å². The number of thiophene rings is 1. The largest absolute Gasteiger partial charge is 0.333 e. The fraction of sp³-hybridized carbons (Fsp3) is 0.294. The predicted octanol–water partition coefficient (Wildman–Crippen LogP) is 3.82. The van der Waals surface area contributed by atoms with Crippen LogP contribution in [0.2, 0.25) is 14.4 Å². The Kier molecular flexibility index (Phi) is 8.33. The molecule has 2 amide bonds. The number of carbonyl (C=O) groups is 2. The second-order valence-corrected chi connectivity index (χ2v) is 10.7. The molecule has 0 saturated heterocycles. The first-order valence-electron chi connectivity index (χ1n) is 8.29. The molecule has 1 aromatic heterocycles. The molecule has 0 fully saturated rings. The highest BCUT2D eigenvalue weighted by molar-refractivity contribution is 7.91. The van der Waals surface area contributed by atoms with Crippen molar-refractivity contribution in [2.24, 2.45) is 0 Å². The van der Waals surface area contributed by atoms with Crippen molar-refractivity contribution < 1.29 is 18.0 Å². The van der Waals surface area contributed by atoms with Crippen molar-refractivity contribution in [2.45, 2.75) is 11.1 Å². The topological polar surface area (TPSA) is 86.8 Å². The molecule has 1 heterocycles. The molecular weight excluding hydrogens is 481 g/mol. The van der Waals surface area contributed by atoms with Crippen LogP contribution in [0.4, 0.5) is 5.69 Å². The van der Waals surface area contributed by atoms with Crippen LogP contribution in [0.25, 0.3) is 0 Å². The van der Waals surface area contributed by atoms with Gasteiger partial charge in [0.1, 0.15) is 4.21 Å². The smallest absolute Gasteiger partial charge is 0.252 e. The van der Waals surface area contributed by atoms with E-state index in [-0.39, 0.29) is 33.0 Å². The van der Waals surface area contributed by atoms with Gasteiger partial charge >= 0.3 is 0 Å².